The lowest BCUT2D eigenvalue weighted by Gasteiger charge is -2.28. The molecule has 0 amide bonds. The van der Waals surface area contributed by atoms with Gasteiger partial charge < -0.3 is 4.90 Å². The van der Waals surface area contributed by atoms with Crippen molar-refractivity contribution in [2.45, 2.75) is 45.6 Å². The fraction of sp³-hybridized carbons (Fsp3) is 0.393. The smallest absolute Gasteiger partial charge is 0.123 e. The van der Waals surface area contributed by atoms with Crippen LogP contribution < -0.4 is 0 Å². The van der Waals surface area contributed by atoms with E-state index in [-0.39, 0.29) is 11.9 Å². The Morgan fingerprint density at radius 2 is 1.88 bits per heavy atom. The lowest BCUT2D eigenvalue weighted by Crippen LogP contribution is -2.26. The van der Waals surface area contributed by atoms with Crippen LogP contribution in [0.15, 0.2) is 72.5 Å². The van der Waals surface area contributed by atoms with Crippen LogP contribution in [0.25, 0.3) is 0 Å². The molecule has 0 aliphatic heterocycles. The molecule has 0 saturated carbocycles. The lowest BCUT2D eigenvalue weighted by atomic mass is 10.0. The molecule has 0 heterocycles. The first-order valence-electron chi connectivity index (χ1n) is 11.3. The topological polar surface area (TPSA) is 30.3 Å². The first-order valence-corrected chi connectivity index (χ1v) is 11.3. The zero-order chi connectivity index (χ0) is 23.5. The summed E-state index contributed by atoms with van der Waals surface area (Å²) in [4.78, 5) is 4.52. The summed E-state index contributed by atoms with van der Waals surface area (Å²) >= 11 is 0. The average Bonchev–Trinajstić information content (AvgIpc) is 2.78. The Kier molecular flexibility index (Phi) is 10.2. The molecule has 2 aromatic carbocycles. The second-order valence-corrected chi connectivity index (χ2v) is 8.62. The molecule has 0 spiro atoms. The van der Waals surface area contributed by atoms with E-state index in [2.05, 4.69) is 48.4 Å². The predicted octanol–water partition coefficient (Wildman–Crippen LogP) is 6.49. The van der Waals surface area contributed by atoms with E-state index in [1.165, 1.54) is 17.7 Å². The van der Waals surface area contributed by atoms with Crippen molar-refractivity contribution >= 4 is 0 Å². The third-order valence-electron chi connectivity index (χ3n) is 5.68. The molecule has 0 aliphatic rings. The van der Waals surface area contributed by atoms with Crippen LogP contribution in [0.4, 0.5) is 4.39 Å². The summed E-state index contributed by atoms with van der Waals surface area (Å²) in [6.07, 6.45) is 6.21. The van der Waals surface area contributed by atoms with Crippen molar-refractivity contribution in [3.8, 4) is 6.07 Å². The van der Waals surface area contributed by atoms with E-state index in [1.54, 1.807) is 0 Å². The Labute approximate surface area is 193 Å². The Bertz CT molecular complexity index is 938. The van der Waals surface area contributed by atoms with E-state index >= 15 is 0 Å². The summed E-state index contributed by atoms with van der Waals surface area (Å²) in [7, 11) is 4.09. The Morgan fingerprint density at radius 1 is 1.16 bits per heavy atom. The van der Waals surface area contributed by atoms with Gasteiger partial charge in [0.05, 0.1) is 17.7 Å². The van der Waals surface area contributed by atoms with E-state index in [1.807, 2.05) is 44.4 Å². The molecule has 0 aliphatic carbocycles. The summed E-state index contributed by atoms with van der Waals surface area (Å²) < 4.78 is 13.3. The number of benzene rings is 2. The zero-order valence-electron chi connectivity index (χ0n) is 19.9. The number of rotatable bonds is 12. The summed E-state index contributed by atoms with van der Waals surface area (Å²) in [6.45, 7) is 10.6. The fourth-order valence-electron chi connectivity index (χ4n) is 3.74. The number of allylic oxidation sites excluding steroid dienone is 1. The highest BCUT2D eigenvalue weighted by Crippen LogP contribution is 2.23. The van der Waals surface area contributed by atoms with E-state index in [4.69, 9.17) is 5.26 Å². The van der Waals surface area contributed by atoms with Crippen molar-refractivity contribution in [1.29, 1.82) is 5.26 Å². The second kappa shape index (κ2) is 12.8. The third kappa shape index (κ3) is 7.98. The predicted molar refractivity (Wildman–Crippen MR) is 132 cm³/mol. The van der Waals surface area contributed by atoms with Gasteiger partial charge in [0.15, 0.2) is 0 Å². The monoisotopic (exact) mass is 433 g/mol. The molecule has 1 unspecified atom stereocenters. The molecule has 1 atom stereocenters. The van der Waals surface area contributed by atoms with Gasteiger partial charge in [-0.25, -0.2) is 4.39 Å². The minimum atomic E-state index is -0.211. The van der Waals surface area contributed by atoms with Crippen LogP contribution in [0.2, 0.25) is 0 Å². The van der Waals surface area contributed by atoms with Gasteiger partial charge in [-0.1, -0.05) is 55.8 Å². The second-order valence-electron chi connectivity index (χ2n) is 8.62. The molecule has 0 fully saturated rings. The van der Waals surface area contributed by atoms with E-state index in [0.717, 1.165) is 55.6 Å². The molecular weight excluding hydrogens is 397 g/mol. The molecule has 2 rings (SSSR count). The van der Waals surface area contributed by atoms with Gasteiger partial charge in [-0.2, -0.15) is 5.26 Å². The summed E-state index contributed by atoms with van der Waals surface area (Å²) in [5.41, 5.74) is 5.27. The molecule has 0 radical (unpaired) electrons. The number of unbranched alkanes of at least 4 members (excludes halogenated alkanes) is 1. The zero-order valence-corrected chi connectivity index (χ0v) is 19.9. The van der Waals surface area contributed by atoms with Gasteiger partial charge >= 0.3 is 0 Å². The number of likely N-dealkylation sites (N-methyl/N-ethyl adjacent to an activating group) is 1. The SMILES string of the molecule is C=C(Cc1cccc(C#N)c1)N(CCCC)CC/C(C)=C/C(c1ccc(F)cc1)N(C)C. The largest absolute Gasteiger partial charge is 0.375 e. The average molecular weight is 434 g/mol. The fourth-order valence-corrected chi connectivity index (χ4v) is 3.74. The Morgan fingerprint density at radius 3 is 2.50 bits per heavy atom. The molecule has 0 aromatic heterocycles. The van der Waals surface area contributed by atoms with Crippen molar-refractivity contribution in [1.82, 2.24) is 9.80 Å². The van der Waals surface area contributed by atoms with Gasteiger partial charge in [0.2, 0.25) is 0 Å². The molecule has 0 N–H and O–H groups in total. The van der Waals surface area contributed by atoms with Crippen molar-refractivity contribution < 1.29 is 4.39 Å². The van der Waals surface area contributed by atoms with Gasteiger partial charge in [0.1, 0.15) is 5.82 Å². The highest BCUT2D eigenvalue weighted by molar-refractivity contribution is 5.34. The van der Waals surface area contributed by atoms with Crippen molar-refractivity contribution in [2.24, 2.45) is 0 Å². The lowest BCUT2D eigenvalue weighted by molar-refractivity contribution is 0.331. The number of nitrogens with zero attached hydrogens (tertiary/aromatic N) is 3. The van der Waals surface area contributed by atoms with Gasteiger partial charge in [-0.05, 0) is 69.3 Å². The molecule has 4 heteroatoms. The van der Waals surface area contributed by atoms with Crippen molar-refractivity contribution in [3.63, 3.8) is 0 Å². The summed E-state index contributed by atoms with van der Waals surface area (Å²) in [5, 5.41) is 9.16. The first kappa shape index (κ1) is 25.4. The van der Waals surface area contributed by atoms with E-state index in [9.17, 15) is 4.39 Å². The van der Waals surface area contributed by atoms with Crippen LogP contribution in [-0.2, 0) is 6.42 Å². The highest BCUT2D eigenvalue weighted by atomic mass is 19.1. The molecule has 3 nitrogen and oxygen atoms in total. The third-order valence-corrected chi connectivity index (χ3v) is 5.68. The maximum Gasteiger partial charge on any atom is 0.123 e. The van der Waals surface area contributed by atoms with Crippen LogP contribution in [0.5, 0.6) is 0 Å². The standard InChI is InChI=1S/C28H36FN3/c1-6-7-16-32(23(3)19-24-9-8-10-25(20-24)21-30)17-15-22(2)18-28(31(4)5)26-11-13-27(29)14-12-26/h8-14,18,20,28H,3,6-7,15-17,19H2,1-2,4-5H3/b22-18+. The summed E-state index contributed by atoms with van der Waals surface area (Å²) in [5.74, 6) is -0.211. The van der Waals surface area contributed by atoms with Crippen molar-refractivity contribution in [2.75, 3.05) is 27.2 Å². The number of hydrogen-bond acceptors (Lipinski definition) is 3. The van der Waals surface area contributed by atoms with Crippen LogP contribution >= 0.6 is 0 Å². The normalized spacial score (nSPS) is 12.5. The Hall–Kier alpha value is -2.90. The number of halogens is 1. The minimum absolute atomic E-state index is 0.108. The molecule has 32 heavy (non-hydrogen) atoms. The maximum absolute atomic E-state index is 13.3. The van der Waals surface area contributed by atoms with Crippen LogP contribution in [0.3, 0.4) is 0 Å². The quantitative estimate of drug-likeness (QED) is 0.358. The maximum atomic E-state index is 13.3. The van der Waals surface area contributed by atoms with Gasteiger partial charge in [0, 0.05) is 25.2 Å². The number of hydrogen-bond donors (Lipinski definition) is 0. The van der Waals surface area contributed by atoms with Crippen LogP contribution in [0, 0.1) is 17.1 Å². The first-order chi connectivity index (χ1) is 15.3. The Balaban J connectivity index is 2.07. The number of nitriles is 1. The van der Waals surface area contributed by atoms with Crippen molar-refractivity contribution in [3.05, 3.63) is 95.0 Å². The van der Waals surface area contributed by atoms with Crippen LogP contribution in [-0.4, -0.2) is 37.0 Å². The van der Waals surface area contributed by atoms with Gasteiger partial charge in [0.25, 0.3) is 0 Å². The molecule has 2 aromatic rings. The van der Waals surface area contributed by atoms with Crippen LogP contribution in [0.1, 0.15) is 55.8 Å². The van der Waals surface area contributed by atoms with E-state index < -0.39 is 0 Å². The molecule has 0 saturated heterocycles. The minimum Gasteiger partial charge on any atom is -0.375 e. The molecule has 0 bridgehead atoms. The molecule has 170 valence electrons. The molecular formula is C28H36FN3. The highest BCUT2D eigenvalue weighted by Gasteiger charge is 2.13. The van der Waals surface area contributed by atoms with Gasteiger partial charge in [-0.3, -0.25) is 4.90 Å². The van der Waals surface area contributed by atoms with Gasteiger partial charge in [-0.15, -0.1) is 0 Å². The summed E-state index contributed by atoms with van der Waals surface area (Å²) in [6, 6.07) is 16.8. The van der Waals surface area contributed by atoms with E-state index in [0.29, 0.717) is 5.56 Å².